The lowest BCUT2D eigenvalue weighted by molar-refractivity contribution is 0.1000. The molecule has 0 aliphatic carbocycles. The molecule has 0 aromatic rings. The number of hydrogen-bond acceptors (Lipinski definition) is 2. The Morgan fingerprint density at radius 1 is 1.57 bits per heavy atom. The van der Waals surface area contributed by atoms with E-state index in [4.69, 9.17) is 0 Å². The zero-order valence-electron chi connectivity index (χ0n) is 9.09. The molecule has 0 spiro atoms. The molecule has 1 N–H and O–H groups in total. The van der Waals surface area contributed by atoms with E-state index in [9.17, 15) is 9.50 Å². The maximum atomic E-state index is 12.2. The monoisotopic (exact) mass is 201 g/mol. The van der Waals surface area contributed by atoms with E-state index in [2.05, 4.69) is 4.90 Å². The molecule has 82 valence electrons. The van der Waals surface area contributed by atoms with Crippen LogP contribution >= 0.6 is 0 Å². The summed E-state index contributed by atoms with van der Waals surface area (Å²) in [6, 6.07) is 0. The molecule has 2 saturated heterocycles. The van der Waals surface area contributed by atoms with Crippen molar-refractivity contribution in [3.63, 3.8) is 0 Å². The van der Waals surface area contributed by atoms with Gasteiger partial charge in [-0.3, -0.25) is 4.90 Å². The lowest BCUT2D eigenvalue weighted by atomic mass is 9.94. The maximum absolute atomic E-state index is 12.2. The van der Waals surface area contributed by atoms with Crippen molar-refractivity contribution in [3.8, 4) is 0 Å². The minimum atomic E-state index is -0.0993. The van der Waals surface area contributed by atoms with Crippen molar-refractivity contribution in [2.45, 2.75) is 38.6 Å². The topological polar surface area (TPSA) is 23.5 Å². The third-order valence-corrected chi connectivity index (χ3v) is 3.14. The molecule has 0 aromatic carbocycles. The number of aliphatic hydroxyl groups excluding tert-OH is 1. The maximum Gasteiger partial charge on any atom is 0.0872 e. The average molecular weight is 201 g/mol. The molecule has 2 fully saturated rings. The molecule has 0 aromatic heterocycles. The minimum Gasteiger partial charge on any atom is -0.394 e. The number of nitrogens with zero attached hydrogens (tertiary/aromatic N) is 1. The van der Waals surface area contributed by atoms with Gasteiger partial charge in [-0.25, -0.2) is 4.39 Å². The fraction of sp³-hybridized carbons (Fsp3) is 0.818. The van der Waals surface area contributed by atoms with Gasteiger partial charge in [0.25, 0.3) is 0 Å². The smallest absolute Gasteiger partial charge is 0.0872 e. The molecule has 2 aliphatic rings. The summed E-state index contributed by atoms with van der Waals surface area (Å²) in [6.07, 6.45) is 3.58. The van der Waals surface area contributed by atoms with Crippen LogP contribution in [0.1, 0.15) is 33.1 Å². The summed E-state index contributed by atoms with van der Waals surface area (Å²) in [7, 11) is 0. The van der Waals surface area contributed by atoms with Crippen molar-refractivity contribution in [2.75, 3.05) is 19.7 Å². The van der Waals surface area contributed by atoms with E-state index >= 15 is 0 Å². The second-order valence-electron chi connectivity index (χ2n) is 3.85. The van der Waals surface area contributed by atoms with Gasteiger partial charge in [0.1, 0.15) is 0 Å². The Kier molecular flexibility index (Phi) is 4.08. The summed E-state index contributed by atoms with van der Waals surface area (Å²) in [5.41, 5.74) is 0.738. The summed E-state index contributed by atoms with van der Waals surface area (Å²) in [5, 5.41) is 9.25. The van der Waals surface area contributed by atoms with Crippen LogP contribution in [-0.4, -0.2) is 35.2 Å². The van der Waals surface area contributed by atoms with Crippen LogP contribution in [0.3, 0.4) is 0 Å². The van der Waals surface area contributed by atoms with Crippen LogP contribution in [0.4, 0.5) is 4.39 Å². The molecule has 0 saturated carbocycles. The molecule has 14 heavy (non-hydrogen) atoms. The molecule has 0 bridgehead atoms. The van der Waals surface area contributed by atoms with Crippen LogP contribution in [-0.2, 0) is 0 Å². The van der Waals surface area contributed by atoms with Crippen molar-refractivity contribution in [1.29, 1.82) is 0 Å². The molecule has 0 radical (unpaired) electrons. The predicted octanol–water partition coefficient (Wildman–Crippen LogP) is 2.10. The van der Waals surface area contributed by atoms with E-state index in [0.29, 0.717) is 6.33 Å². The Morgan fingerprint density at radius 3 is 2.79 bits per heavy atom. The number of halogens is 1. The highest BCUT2D eigenvalue weighted by Gasteiger charge is 2.45. The summed E-state index contributed by atoms with van der Waals surface area (Å²) >= 11 is 0. The number of aliphatic hydroxyl groups is 1. The lowest BCUT2D eigenvalue weighted by Crippen LogP contribution is -2.41. The zero-order chi connectivity index (χ0) is 10.6. The molecule has 1 atom stereocenters. The van der Waals surface area contributed by atoms with Crippen LogP contribution in [0.25, 0.3) is 0 Å². The molecular formula is C11H20FNO. The Labute approximate surface area is 85.4 Å². The fourth-order valence-electron chi connectivity index (χ4n) is 2.47. The van der Waals surface area contributed by atoms with Gasteiger partial charge < -0.3 is 5.11 Å². The van der Waals surface area contributed by atoms with E-state index in [-0.39, 0.29) is 12.1 Å². The van der Waals surface area contributed by atoms with Gasteiger partial charge in [0, 0.05) is 12.1 Å². The van der Waals surface area contributed by atoms with Gasteiger partial charge in [0.15, 0.2) is 0 Å². The molecule has 3 heteroatoms. The van der Waals surface area contributed by atoms with Gasteiger partial charge >= 0.3 is 0 Å². The van der Waals surface area contributed by atoms with E-state index < -0.39 is 0 Å². The minimum absolute atomic E-state index is 0.0993. The summed E-state index contributed by atoms with van der Waals surface area (Å²) in [6.45, 7) is 5.90. The van der Waals surface area contributed by atoms with Gasteiger partial charge in [0.05, 0.1) is 12.9 Å². The normalized spacial score (nSPS) is 34.1. The first-order valence-corrected chi connectivity index (χ1v) is 5.45. The largest absolute Gasteiger partial charge is 0.394 e. The van der Waals surface area contributed by atoms with Gasteiger partial charge in [0.2, 0.25) is 0 Å². The molecule has 0 amide bonds. The lowest BCUT2D eigenvalue weighted by Gasteiger charge is -2.28. The van der Waals surface area contributed by atoms with E-state index in [1.54, 1.807) is 0 Å². The molecule has 2 aliphatic heterocycles. The van der Waals surface area contributed by atoms with Crippen molar-refractivity contribution in [1.82, 2.24) is 4.90 Å². The highest BCUT2D eigenvalue weighted by atomic mass is 19.1. The quantitative estimate of drug-likeness (QED) is 0.702. The van der Waals surface area contributed by atoms with Crippen LogP contribution in [0, 0.1) is 0 Å². The van der Waals surface area contributed by atoms with Gasteiger partial charge in [-0.1, -0.05) is 13.8 Å². The number of rotatable bonds is 1. The standard InChI is InChI=1S/C9H14FNO.C2H6/c10-5-8-4-9(7-12)2-1-3-11(9)6-8;1-2/h5,12H,1-4,6-7H2;1-2H3/b8-5-;. The van der Waals surface area contributed by atoms with E-state index in [1.165, 1.54) is 0 Å². The van der Waals surface area contributed by atoms with Gasteiger partial charge in [-0.05, 0) is 31.4 Å². The Bertz CT molecular complexity index is 217. The molecular weight excluding hydrogens is 181 g/mol. The van der Waals surface area contributed by atoms with Crippen LogP contribution in [0.15, 0.2) is 11.9 Å². The zero-order valence-corrected chi connectivity index (χ0v) is 9.09. The number of hydrogen-bond donors (Lipinski definition) is 1. The number of fused-ring (bicyclic) bond motifs is 1. The van der Waals surface area contributed by atoms with E-state index in [1.807, 2.05) is 13.8 Å². The highest BCUT2D eigenvalue weighted by Crippen LogP contribution is 2.40. The Balaban J connectivity index is 0.000000461. The Hall–Kier alpha value is -0.410. The summed E-state index contributed by atoms with van der Waals surface area (Å²) in [4.78, 5) is 2.21. The van der Waals surface area contributed by atoms with Crippen molar-refractivity contribution in [3.05, 3.63) is 11.9 Å². The molecule has 2 rings (SSSR count). The van der Waals surface area contributed by atoms with Crippen LogP contribution in [0.2, 0.25) is 0 Å². The predicted molar refractivity (Wildman–Crippen MR) is 55.8 cm³/mol. The van der Waals surface area contributed by atoms with Gasteiger partial charge in [-0.15, -0.1) is 0 Å². The SMILES string of the molecule is CC.OCC12CCCN1C/C(=C\F)C2. The molecule has 2 nitrogen and oxygen atoms in total. The van der Waals surface area contributed by atoms with E-state index in [0.717, 1.165) is 37.9 Å². The second kappa shape index (κ2) is 4.89. The van der Waals surface area contributed by atoms with Crippen molar-refractivity contribution < 1.29 is 9.50 Å². The Morgan fingerprint density at radius 2 is 2.29 bits per heavy atom. The fourth-order valence-corrected chi connectivity index (χ4v) is 2.47. The third-order valence-electron chi connectivity index (χ3n) is 3.14. The summed E-state index contributed by atoms with van der Waals surface area (Å²) < 4.78 is 12.2. The average Bonchev–Trinajstić information content (AvgIpc) is 2.76. The first-order valence-electron chi connectivity index (χ1n) is 5.45. The first-order chi connectivity index (χ1) is 6.80. The first kappa shape index (κ1) is 11.7. The third kappa shape index (κ3) is 1.84. The molecule has 1 unspecified atom stereocenters. The highest BCUT2D eigenvalue weighted by molar-refractivity contribution is 5.18. The second-order valence-corrected chi connectivity index (χ2v) is 3.85. The van der Waals surface area contributed by atoms with Crippen molar-refractivity contribution >= 4 is 0 Å². The summed E-state index contributed by atoms with van der Waals surface area (Å²) in [5.74, 6) is 0. The van der Waals surface area contributed by atoms with Crippen molar-refractivity contribution in [2.24, 2.45) is 0 Å². The van der Waals surface area contributed by atoms with Crippen LogP contribution in [0.5, 0.6) is 0 Å². The molecule has 2 heterocycles. The van der Waals surface area contributed by atoms with Gasteiger partial charge in [-0.2, -0.15) is 0 Å². The van der Waals surface area contributed by atoms with Crippen LogP contribution < -0.4 is 0 Å².